The SMILES string of the molecule is CC1=C(C2c3ccccc3C=CC2C(N)c2ccc(C3c4ccccc4C(c4ccc5ccccc5c4)=C4C=CC=CC43)cc2)CCC=C1. The molecular weight excluding hydrogens is 591 g/mol. The van der Waals surface area contributed by atoms with Crippen LogP contribution in [-0.4, -0.2) is 0 Å². The zero-order valence-corrected chi connectivity index (χ0v) is 28.0. The Hall–Kier alpha value is -5.24. The molecule has 4 aliphatic carbocycles. The Morgan fingerprint density at radius 1 is 0.673 bits per heavy atom. The van der Waals surface area contributed by atoms with Crippen molar-refractivity contribution in [3.8, 4) is 0 Å². The summed E-state index contributed by atoms with van der Waals surface area (Å²) in [6.07, 6.45) is 20.7. The van der Waals surface area contributed by atoms with Crippen molar-refractivity contribution in [2.24, 2.45) is 17.6 Å². The number of hydrogen-bond donors (Lipinski definition) is 1. The molecule has 0 saturated carbocycles. The molecular formula is C48H41N. The van der Waals surface area contributed by atoms with Crippen molar-refractivity contribution in [3.05, 3.63) is 213 Å². The Labute approximate surface area is 290 Å². The van der Waals surface area contributed by atoms with Crippen LogP contribution in [0.3, 0.4) is 0 Å². The number of allylic oxidation sites excluding steroid dienone is 9. The molecule has 2 N–H and O–H groups in total. The van der Waals surface area contributed by atoms with Crippen molar-refractivity contribution in [3.63, 3.8) is 0 Å². The van der Waals surface area contributed by atoms with Gasteiger partial charge in [0.15, 0.2) is 0 Å². The van der Waals surface area contributed by atoms with Crippen LogP contribution in [0.2, 0.25) is 0 Å². The molecule has 5 atom stereocenters. The molecule has 0 radical (unpaired) electrons. The molecule has 238 valence electrons. The fourth-order valence-electron chi connectivity index (χ4n) is 9.08. The summed E-state index contributed by atoms with van der Waals surface area (Å²) in [5.41, 5.74) is 22.2. The van der Waals surface area contributed by atoms with Crippen LogP contribution in [0.1, 0.15) is 76.6 Å². The fraction of sp³-hybridized carbons (Fsp3) is 0.167. The molecule has 9 rings (SSSR count). The molecule has 5 unspecified atom stereocenters. The first-order valence-electron chi connectivity index (χ1n) is 17.8. The molecule has 0 saturated heterocycles. The maximum absolute atomic E-state index is 7.28. The maximum atomic E-state index is 7.28. The van der Waals surface area contributed by atoms with Crippen LogP contribution in [0.5, 0.6) is 0 Å². The molecule has 0 spiro atoms. The second kappa shape index (κ2) is 12.3. The third-order valence-corrected chi connectivity index (χ3v) is 11.5. The van der Waals surface area contributed by atoms with Crippen LogP contribution in [0.4, 0.5) is 0 Å². The first-order chi connectivity index (χ1) is 24.2. The monoisotopic (exact) mass is 631 g/mol. The lowest BCUT2D eigenvalue weighted by atomic mass is 9.66. The Morgan fingerprint density at radius 3 is 2.31 bits per heavy atom. The molecule has 1 nitrogen and oxygen atoms in total. The molecule has 49 heavy (non-hydrogen) atoms. The number of hydrogen-bond acceptors (Lipinski definition) is 1. The van der Waals surface area contributed by atoms with Gasteiger partial charge in [-0.25, -0.2) is 0 Å². The first-order valence-corrected chi connectivity index (χ1v) is 17.8. The summed E-state index contributed by atoms with van der Waals surface area (Å²) in [5, 5.41) is 2.55. The average Bonchev–Trinajstić information content (AvgIpc) is 3.16. The number of fused-ring (bicyclic) bond motifs is 4. The molecule has 0 heterocycles. The van der Waals surface area contributed by atoms with Crippen LogP contribution in [0.25, 0.3) is 22.4 Å². The largest absolute Gasteiger partial charge is 0.323 e. The van der Waals surface area contributed by atoms with Gasteiger partial charge >= 0.3 is 0 Å². The van der Waals surface area contributed by atoms with E-state index in [0.717, 1.165) is 12.8 Å². The fourth-order valence-corrected chi connectivity index (χ4v) is 9.08. The topological polar surface area (TPSA) is 26.0 Å². The van der Waals surface area contributed by atoms with Gasteiger partial charge in [0.05, 0.1) is 0 Å². The van der Waals surface area contributed by atoms with Gasteiger partial charge in [0, 0.05) is 29.7 Å². The van der Waals surface area contributed by atoms with Crippen molar-refractivity contribution in [1.29, 1.82) is 0 Å². The lowest BCUT2D eigenvalue weighted by Gasteiger charge is -2.38. The van der Waals surface area contributed by atoms with E-state index in [1.54, 1.807) is 0 Å². The van der Waals surface area contributed by atoms with Gasteiger partial charge in [0.1, 0.15) is 0 Å². The normalized spacial score (nSPS) is 23.0. The van der Waals surface area contributed by atoms with Crippen molar-refractivity contribution in [2.75, 3.05) is 0 Å². The zero-order valence-electron chi connectivity index (χ0n) is 28.0. The number of rotatable bonds is 5. The van der Waals surface area contributed by atoms with Crippen molar-refractivity contribution >= 4 is 22.4 Å². The van der Waals surface area contributed by atoms with Gasteiger partial charge in [-0.15, -0.1) is 0 Å². The predicted octanol–water partition coefficient (Wildman–Crippen LogP) is 11.6. The minimum Gasteiger partial charge on any atom is -0.323 e. The van der Waals surface area contributed by atoms with Gasteiger partial charge in [-0.1, -0.05) is 169 Å². The van der Waals surface area contributed by atoms with E-state index >= 15 is 0 Å². The summed E-state index contributed by atoms with van der Waals surface area (Å²) >= 11 is 0. The molecule has 0 bridgehead atoms. The maximum Gasteiger partial charge on any atom is 0.0367 e. The molecule has 0 amide bonds. The Balaban J connectivity index is 1.09. The summed E-state index contributed by atoms with van der Waals surface area (Å²) < 4.78 is 0. The van der Waals surface area contributed by atoms with Crippen molar-refractivity contribution in [1.82, 2.24) is 0 Å². The van der Waals surface area contributed by atoms with Crippen LogP contribution in [0, 0.1) is 11.8 Å². The molecule has 1 heteroatoms. The van der Waals surface area contributed by atoms with E-state index in [-0.39, 0.29) is 29.7 Å². The van der Waals surface area contributed by atoms with Crippen LogP contribution in [0.15, 0.2) is 175 Å². The van der Waals surface area contributed by atoms with Crippen molar-refractivity contribution < 1.29 is 0 Å². The van der Waals surface area contributed by atoms with Gasteiger partial charge < -0.3 is 5.73 Å². The highest BCUT2D eigenvalue weighted by Gasteiger charge is 2.37. The summed E-state index contributed by atoms with van der Waals surface area (Å²) in [4.78, 5) is 0. The molecule has 0 aliphatic heterocycles. The highest BCUT2D eigenvalue weighted by Crippen LogP contribution is 2.51. The number of nitrogens with two attached hydrogens (primary N) is 1. The Bertz CT molecular complexity index is 2270. The molecule has 4 aliphatic rings. The van der Waals surface area contributed by atoms with E-state index < -0.39 is 0 Å². The summed E-state index contributed by atoms with van der Waals surface area (Å²) in [6, 6.07) is 42.7. The Morgan fingerprint density at radius 2 is 1.45 bits per heavy atom. The first kappa shape index (κ1) is 29.9. The summed E-state index contributed by atoms with van der Waals surface area (Å²) in [7, 11) is 0. The van der Waals surface area contributed by atoms with Crippen LogP contribution >= 0.6 is 0 Å². The quantitative estimate of drug-likeness (QED) is 0.205. The summed E-state index contributed by atoms with van der Waals surface area (Å²) in [6.45, 7) is 2.27. The van der Waals surface area contributed by atoms with Gasteiger partial charge in [-0.2, -0.15) is 0 Å². The smallest absolute Gasteiger partial charge is 0.0367 e. The minimum absolute atomic E-state index is 0.110. The van der Waals surface area contributed by atoms with Gasteiger partial charge in [-0.3, -0.25) is 0 Å². The predicted molar refractivity (Wildman–Crippen MR) is 206 cm³/mol. The number of benzene rings is 5. The van der Waals surface area contributed by atoms with Gasteiger partial charge in [0.25, 0.3) is 0 Å². The lowest BCUT2D eigenvalue weighted by Crippen LogP contribution is -2.29. The van der Waals surface area contributed by atoms with E-state index in [1.165, 1.54) is 72.0 Å². The molecule has 0 aromatic heterocycles. The average molecular weight is 632 g/mol. The molecule has 5 aromatic carbocycles. The van der Waals surface area contributed by atoms with E-state index in [4.69, 9.17) is 5.73 Å². The summed E-state index contributed by atoms with van der Waals surface area (Å²) in [5.74, 6) is 0.944. The standard InChI is InChI=1S/C48H41N/c1-31-12-2-6-16-38(31)47-39-17-7-5-14-33(39)28-29-44(47)48(49)35-25-23-34(24-26-35)45-40-18-8-10-20-42(40)46(43-21-11-9-19-41(43)45)37-27-22-32-13-3-4-15-36(32)30-37/h2-5,7-15,17-30,40,44-45,47-48H,6,16,49H2,1H3. The Kier molecular flexibility index (Phi) is 7.52. The third kappa shape index (κ3) is 5.12. The molecule has 5 aromatic rings. The van der Waals surface area contributed by atoms with E-state index in [0.29, 0.717) is 0 Å². The second-order valence-electron chi connectivity index (χ2n) is 14.1. The third-order valence-electron chi connectivity index (χ3n) is 11.5. The zero-order chi connectivity index (χ0) is 32.9. The van der Waals surface area contributed by atoms with Crippen LogP contribution in [-0.2, 0) is 0 Å². The second-order valence-corrected chi connectivity index (χ2v) is 14.1. The van der Waals surface area contributed by atoms with Gasteiger partial charge in [0.2, 0.25) is 0 Å². The lowest BCUT2D eigenvalue weighted by molar-refractivity contribution is 0.451. The van der Waals surface area contributed by atoms with Crippen LogP contribution < -0.4 is 5.73 Å². The van der Waals surface area contributed by atoms with Crippen molar-refractivity contribution in [2.45, 2.75) is 37.6 Å². The molecule has 0 fully saturated rings. The highest BCUT2D eigenvalue weighted by molar-refractivity contribution is 5.93. The van der Waals surface area contributed by atoms with E-state index in [2.05, 4.69) is 171 Å². The van der Waals surface area contributed by atoms with Gasteiger partial charge in [-0.05, 0) is 86.7 Å². The van der Waals surface area contributed by atoms with E-state index in [1.807, 2.05) is 0 Å². The minimum atomic E-state index is -0.110. The highest BCUT2D eigenvalue weighted by atomic mass is 14.7. The van der Waals surface area contributed by atoms with E-state index in [9.17, 15) is 0 Å².